The highest BCUT2D eigenvalue weighted by Crippen LogP contribution is 2.28. The Morgan fingerprint density at radius 1 is 0.885 bits per heavy atom. The minimum atomic E-state index is -0.00353. The molecule has 0 radical (unpaired) electrons. The van der Waals surface area contributed by atoms with Crippen LogP contribution in [0.15, 0.2) is 78.9 Å². The molecule has 0 saturated carbocycles. The molecule has 0 bridgehead atoms. The van der Waals surface area contributed by atoms with Crippen LogP contribution >= 0.6 is 11.3 Å². The van der Waals surface area contributed by atoms with E-state index in [-0.39, 0.29) is 5.91 Å². The third-order valence-corrected chi connectivity index (χ3v) is 5.20. The standard InChI is InChI=1S/C22H18N2OS/c25-21(23-15-16-7-3-1-4-8-16)14-22-24-19-12-11-18(13-20(19)26-22)17-9-5-2-6-10-17/h1-13H,14-15H2,(H,23,25). The van der Waals surface area contributed by atoms with Crippen LogP contribution in [0.4, 0.5) is 0 Å². The quantitative estimate of drug-likeness (QED) is 0.556. The molecule has 0 aliphatic heterocycles. The number of nitrogens with zero attached hydrogens (tertiary/aromatic N) is 1. The first-order chi connectivity index (χ1) is 12.8. The summed E-state index contributed by atoms with van der Waals surface area (Å²) in [5.74, 6) is -0.00353. The predicted octanol–water partition coefficient (Wildman–Crippen LogP) is 4.82. The SMILES string of the molecule is O=C(Cc1nc2ccc(-c3ccccc3)cc2s1)NCc1ccccc1. The van der Waals surface area contributed by atoms with Crippen LogP contribution in [-0.4, -0.2) is 10.9 Å². The molecule has 128 valence electrons. The van der Waals surface area contributed by atoms with Crippen molar-refractivity contribution in [3.05, 3.63) is 89.4 Å². The van der Waals surface area contributed by atoms with E-state index < -0.39 is 0 Å². The van der Waals surface area contributed by atoms with E-state index in [2.05, 4.69) is 34.6 Å². The Hall–Kier alpha value is -2.98. The van der Waals surface area contributed by atoms with E-state index >= 15 is 0 Å². The zero-order valence-electron chi connectivity index (χ0n) is 14.2. The number of hydrogen-bond donors (Lipinski definition) is 1. The van der Waals surface area contributed by atoms with Crippen molar-refractivity contribution in [3.63, 3.8) is 0 Å². The van der Waals surface area contributed by atoms with Gasteiger partial charge in [-0.1, -0.05) is 66.7 Å². The van der Waals surface area contributed by atoms with Crippen molar-refractivity contribution in [3.8, 4) is 11.1 Å². The molecule has 1 heterocycles. The first-order valence-electron chi connectivity index (χ1n) is 8.53. The van der Waals surface area contributed by atoms with E-state index in [1.54, 1.807) is 11.3 Å². The van der Waals surface area contributed by atoms with Crippen LogP contribution in [0.5, 0.6) is 0 Å². The summed E-state index contributed by atoms with van der Waals surface area (Å²) >= 11 is 1.58. The summed E-state index contributed by atoms with van der Waals surface area (Å²) in [4.78, 5) is 16.8. The molecule has 26 heavy (non-hydrogen) atoms. The highest BCUT2D eigenvalue weighted by molar-refractivity contribution is 7.18. The Kier molecular flexibility index (Phi) is 4.75. The summed E-state index contributed by atoms with van der Waals surface area (Å²) in [7, 11) is 0. The summed E-state index contributed by atoms with van der Waals surface area (Å²) in [5, 5.41) is 3.80. The lowest BCUT2D eigenvalue weighted by Crippen LogP contribution is -2.24. The number of aromatic nitrogens is 1. The molecule has 1 N–H and O–H groups in total. The summed E-state index contributed by atoms with van der Waals surface area (Å²) in [6.45, 7) is 0.544. The fourth-order valence-electron chi connectivity index (χ4n) is 2.85. The van der Waals surface area contributed by atoms with Gasteiger partial charge in [-0.3, -0.25) is 4.79 Å². The predicted molar refractivity (Wildman–Crippen MR) is 107 cm³/mol. The van der Waals surface area contributed by atoms with Crippen LogP contribution in [0.1, 0.15) is 10.6 Å². The molecule has 4 aromatic rings. The average Bonchev–Trinajstić information content (AvgIpc) is 3.09. The van der Waals surface area contributed by atoms with Gasteiger partial charge in [0, 0.05) is 6.54 Å². The number of hydrogen-bond acceptors (Lipinski definition) is 3. The molecule has 0 aliphatic carbocycles. The second-order valence-corrected chi connectivity index (χ2v) is 7.21. The third-order valence-electron chi connectivity index (χ3n) is 4.18. The van der Waals surface area contributed by atoms with Crippen molar-refractivity contribution in [2.45, 2.75) is 13.0 Å². The number of carbonyl (C=O) groups is 1. The van der Waals surface area contributed by atoms with Gasteiger partial charge in [0.15, 0.2) is 0 Å². The number of fused-ring (bicyclic) bond motifs is 1. The molecule has 0 saturated heterocycles. The topological polar surface area (TPSA) is 42.0 Å². The highest BCUT2D eigenvalue weighted by atomic mass is 32.1. The maximum absolute atomic E-state index is 12.2. The van der Waals surface area contributed by atoms with E-state index in [1.165, 1.54) is 11.1 Å². The van der Waals surface area contributed by atoms with E-state index in [0.29, 0.717) is 13.0 Å². The normalized spacial score (nSPS) is 10.8. The second-order valence-electron chi connectivity index (χ2n) is 6.10. The van der Waals surface area contributed by atoms with Gasteiger partial charge in [-0.25, -0.2) is 4.98 Å². The Bertz CT molecular complexity index is 1030. The summed E-state index contributed by atoms with van der Waals surface area (Å²) in [6.07, 6.45) is 0.312. The zero-order valence-corrected chi connectivity index (χ0v) is 15.0. The Morgan fingerprint density at radius 3 is 2.38 bits per heavy atom. The molecule has 0 fully saturated rings. The number of carbonyl (C=O) groups excluding carboxylic acids is 1. The number of nitrogens with one attached hydrogen (secondary N) is 1. The molecule has 0 atom stereocenters. The largest absolute Gasteiger partial charge is 0.352 e. The minimum absolute atomic E-state index is 0.00353. The van der Waals surface area contributed by atoms with Crippen LogP contribution in [0.2, 0.25) is 0 Å². The molecule has 0 unspecified atom stereocenters. The van der Waals surface area contributed by atoms with Crippen LogP contribution in [0, 0.1) is 0 Å². The van der Waals surface area contributed by atoms with E-state index in [1.807, 2.05) is 54.6 Å². The van der Waals surface area contributed by atoms with Crippen LogP contribution in [-0.2, 0) is 17.8 Å². The number of amides is 1. The number of thiazole rings is 1. The van der Waals surface area contributed by atoms with Crippen molar-refractivity contribution in [1.82, 2.24) is 10.3 Å². The smallest absolute Gasteiger partial charge is 0.227 e. The summed E-state index contributed by atoms with van der Waals surface area (Å²) < 4.78 is 1.11. The van der Waals surface area contributed by atoms with Crippen LogP contribution in [0.25, 0.3) is 21.3 Å². The lowest BCUT2D eigenvalue weighted by atomic mass is 10.1. The molecular weight excluding hydrogens is 340 g/mol. The van der Waals surface area contributed by atoms with Crippen molar-refractivity contribution in [2.75, 3.05) is 0 Å². The van der Waals surface area contributed by atoms with Gasteiger partial charge in [0.05, 0.1) is 16.6 Å². The molecular formula is C22H18N2OS. The fourth-order valence-corrected chi connectivity index (χ4v) is 3.86. The average molecular weight is 358 g/mol. The molecule has 1 aromatic heterocycles. The van der Waals surface area contributed by atoms with Crippen molar-refractivity contribution in [2.24, 2.45) is 0 Å². The van der Waals surface area contributed by atoms with Gasteiger partial charge in [-0.15, -0.1) is 11.3 Å². The molecule has 0 spiro atoms. The highest BCUT2D eigenvalue weighted by Gasteiger charge is 2.10. The lowest BCUT2D eigenvalue weighted by Gasteiger charge is -2.03. The fraction of sp³-hybridized carbons (Fsp3) is 0.0909. The molecule has 4 heteroatoms. The molecule has 4 rings (SSSR count). The van der Waals surface area contributed by atoms with Gasteiger partial charge in [0.1, 0.15) is 5.01 Å². The molecule has 1 amide bonds. The number of rotatable bonds is 5. The third kappa shape index (κ3) is 3.81. The lowest BCUT2D eigenvalue weighted by molar-refractivity contribution is -0.120. The maximum atomic E-state index is 12.2. The second kappa shape index (κ2) is 7.50. The Labute approximate surface area is 156 Å². The summed E-state index contributed by atoms with van der Waals surface area (Å²) in [5.41, 5.74) is 4.39. The molecule has 3 aromatic carbocycles. The van der Waals surface area contributed by atoms with E-state index in [9.17, 15) is 4.79 Å². The molecule has 0 aliphatic rings. The number of benzene rings is 3. The monoisotopic (exact) mass is 358 g/mol. The Morgan fingerprint density at radius 2 is 1.62 bits per heavy atom. The van der Waals surface area contributed by atoms with Crippen molar-refractivity contribution in [1.29, 1.82) is 0 Å². The van der Waals surface area contributed by atoms with Crippen molar-refractivity contribution >= 4 is 27.5 Å². The summed E-state index contributed by atoms with van der Waals surface area (Å²) in [6, 6.07) is 26.5. The van der Waals surface area contributed by atoms with Gasteiger partial charge in [-0.2, -0.15) is 0 Å². The van der Waals surface area contributed by atoms with Gasteiger partial charge in [-0.05, 0) is 28.8 Å². The van der Waals surface area contributed by atoms with E-state index in [4.69, 9.17) is 0 Å². The first-order valence-corrected chi connectivity index (χ1v) is 9.35. The molecule has 3 nitrogen and oxygen atoms in total. The minimum Gasteiger partial charge on any atom is -0.352 e. The Balaban J connectivity index is 1.46. The van der Waals surface area contributed by atoms with Gasteiger partial charge in [0.2, 0.25) is 5.91 Å². The first kappa shape index (κ1) is 16.5. The zero-order chi connectivity index (χ0) is 17.8. The maximum Gasteiger partial charge on any atom is 0.227 e. The van der Waals surface area contributed by atoms with Crippen LogP contribution in [0.3, 0.4) is 0 Å². The van der Waals surface area contributed by atoms with Gasteiger partial charge < -0.3 is 5.32 Å². The van der Waals surface area contributed by atoms with E-state index in [0.717, 1.165) is 20.8 Å². The van der Waals surface area contributed by atoms with Gasteiger partial charge >= 0.3 is 0 Å². The van der Waals surface area contributed by atoms with Crippen molar-refractivity contribution < 1.29 is 4.79 Å². The van der Waals surface area contributed by atoms with Crippen LogP contribution < -0.4 is 5.32 Å². The van der Waals surface area contributed by atoms with Gasteiger partial charge in [0.25, 0.3) is 0 Å².